The molecule has 0 unspecified atom stereocenters. The molecule has 0 spiro atoms. The monoisotopic (exact) mass is 462 g/mol. The van der Waals surface area contributed by atoms with Crippen molar-refractivity contribution in [3.8, 4) is 11.5 Å². The number of benzene rings is 2. The second-order valence-corrected chi connectivity index (χ2v) is 7.43. The molecule has 0 radical (unpaired) electrons. The van der Waals surface area contributed by atoms with Crippen LogP contribution < -0.4 is 9.47 Å². The summed E-state index contributed by atoms with van der Waals surface area (Å²) in [6, 6.07) is 10.0. The number of nitrogens with zero attached hydrogens (tertiary/aromatic N) is 2. The highest BCUT2D eigenvalue weighted by atomic mass is 19.4. The first-order valence-electron chi connectivity index (χ1n) is 10.3. The number of carboxylic acids is 1. The van der Waals surface area contributed by atoms with Crippen LogP contribution in [0.3, 0.4) is 0 Å². The van der Waals surface area contributed by atoms with Crippen LogP contribution in [-0.2, 0) is 23.9 Å². The lowest BCUT2D eigenvalue weighted by Crippen LogP contribution is -2.10. The summed E-state index contributed by atoms with van der Waals surface area (Å²) >= 11 is 0. The first-order chi connectivity index (χ1) is 15.8. The van der Waals surface area contributed by atoms with E-state index >= 15 is 0 Å². The van der Waals surface area contributed by atoms with Crippen molar-refractivity contribution in [3.05, 3.63) is 53.9 Å². The van der Waals surface area contributed by atoms with Gasteiger partial charge in [-0.2, -0.15) is 13.2 Å². The predicted octanol–water partition coefficient (Wildman–Crippen LogP) is 5.30. The van der Waals surface area contributed by atoms with Gasteiger partial charge in [0.05, 0.1) is 17.4 Å². The molecule has 2 aromatic carbocycles. The molecule has 0 saturated heterocycles. The van der Waals surface area contributed by atoms with Crippen LogP contribution in [0, 0.1) is 0 Å². The Bertz CT molecular complexity index is 1290. The van der Waals surface area contributed by atoms with Gasteiger partial charge in [0.1, 0.15) is 18.1 Å². The maximum Gasteiger partial charge on any atom is 0.437 e. The highest BCUT2D eigenvalue weighted by Gasteiger charge is 2.37. The fourth-order valence-electron chi connectivity index (χ4n) is 3.78. The van der Waals surface area contributed by atoms with Gasteiger partial charge in [-0.05, 0) is 36.8 Å². The average Bonchev–Trinajstić information content (AvgIpc) is 3.38. The fourth-order valence-corrected chi connectivity index (χ4v) is 3.78. The van der Waals surface area contributed by atoms with E-state index in [4.69, 9.17) is 19.1 Å². The summed E-state index contributed by atoms with van der Waals surface area (Å²) in [6.07, 6.45) is -1.59. The molecule has 1 N–H and O–H groups in total. The minimum atomic E-state index is -4.60. The molecule has 0 aliphatic carbocycles. The van der Waals surface area contributed by atoms with Gasteiger partial charge in [-0.1, -0.05) is 24.6 Å². The molecule has 0 fully saturated rings. The lowest BCUT2D eigenvalue weighted by molar-refractivity contribution is -0.141. The second-order valence-electron chi connectivity index (χ2n) is 7.43. The van der Waals surface area contributed by atoms with Crippen molar-refractivity contribution in [1.82, 2.24) is 9.72 Å². The van der Waals surface area contributed by atoms with Gasteiger partial charge < -0.3 is 23.7 Å². The van der Waals surface area contributed by atoms with Crippen LogP contribution in [0.15, 0.2) is 47.1 Å². The van der Waals surface area contributed by atoms with Crippen LogP contribution in [0.2, 0.25) is 0 Å². The number of carboxylic acid groups (broad SMARTS) is 1. The Morgan fingerprint density at radius 3 is 2.67 bits per heavy atom. The van der Waals surface area contributed by atoms with Crippen LogP contribution in [0.1, 0.15) is 24.6 Å². The number of rotatable bonds is 9. The van der Waals surface area contributed by atoms with Gasteiger partial charge >= 0.3 is 12.1 Å². The maximum absolute atomic E-state index is 13.2. The topological polar surface area (TPSA) is 86.7 Å². The van der Waals surface area contributed by atoms with Crippen molar-refractivity contribution in [2.24, 2.45) is 0 Å². The van der Waals surface area contributed by atoms with Gasteiger partial charge in [0.25, 0.3) is 0 Å². The van der Waals surface area contributed by atoms with Crippen molar-refractivity contribution in [3.63, 3.8) is 0 Å². The van der Waals surface area contributed by atoms with Crippen LogP contribution in [-0.4, -0.2) is 34.0 Å². The van der Waals surface area contributed by atoms with Gasteiger partial charge in [-0.15, -0.1) is 0 Å². The Morgan fingerprint density at radius 2 is 1.94 bits per heavy atom. The van der Waals surface area contributed by atoms with Gasteiger partial charge in [0.15, 0.2) is 17.9 Å². The van der Waals surface area contributed by atoms with Gasteiger partial charge in [-0.3, -0.25) is 0 Å². The van der Waals surface area contributed by atoms with E-state index in [0.29, 0.717) is 36.4 Å². The van der Waals surface area contributed by atoms with E-state index in [1.54, 1.807) is 12.1 Å². The number of hydrogen-bond acceptors (Lipinski definition) is 5. The zero-order chi connectivity index (χ0) is 23.6. The third-order valence-electron chi connectivity index (χ3n) is 5.18. The number of ether oxygens (including phenoxy) is 2. The first-order valence-corrected chi connectivity index (χ1v) is 10.3. The molecule has 0 saturated carbocycles. The van der Waals surface area contributed by atoms with E-state index < -0.39 is 24.4 Å². The Kier molecular flexibility index (Phi) is 6.17. The van der Waals surface area contributed by atoms with Crippen molar-refractivity contribution in [1.29, 1.82) is 0 Å². The Balaban J connectivity index is 1.53. The summed E-state index contributed by atoms with van der Waals surface area (Å²) in [7, 11) is 0. The first kappa shape index (κ1) is 22.5. The Labute approximate surface area is 186 Å². The summed E-state index contributed by atoms with van der Waals surface area (Å²) in [5.41, 5.74) is 0.449. The normalized spacial score (nSPS) is 11.9. The van der Waals surface area contributed by atoms with E-state index in [9.17, 15) is 18.0 Å². The van der Waals surface area contributed by atoms with E-state index in [1.165, 1.54) is 12.1 Å². The summed E-state index contributed by atoms with van der Waals surface area (Å²) in [4.78, 5) is 10.8. The number of fused-ring (bicyclic) bond motifs is 2. The molecule has 0 amide bonds. The predicted molar refractivity (Wildman–Crippen MR) is 114 cm³/mol. The summed E-state index contributed by atoms with van der Waals surface area (Å²) in [6.45, 7) is 2.19. The summed E-state index contributed by atoms with van der Waals surface area (Å²) in [5, 5.41) is 12.8. The molecule has 2 heterocycles. The van der Waals surface area contributed by atoms with Gasteiger partial charge in [0, 0.05) is 17.1 Å². The summed E-state index contributed by atoms with van der Waals surface area (Å²) in [5.74, 6) is -0.138. The van der Waals surface area contributed by atoms with Crippen LogP contribution >= 0.6 is 0 Å². The molecule has 0 aliphatic rings. The highest BCUT2D eigenvalue weighted by Crippen LogP contribution is 2.38. The molecule has 0 atom stereocenters. The summed E-state index contributed by atoms with van der Waals surface area (Å²) < 4.78 is 57.8. The molecule has 0 aliphatic heterocycles. The van der Waals surface area contributed by atoms with E-state index in [-0.39, 0.29) is 17.6 Å². The van der Waals surface area contributed by atoms with E-state index in [1.807, 2.05) is 29.8 Å². The molecule has 4 aromatic rings. The van der Waals surface area contributed by atoms with Crippen LogP contribution in [0.25, 0.3) is 21.9 Å². The number of hydrogen-bond donors (Lipinski definition) is 1. The average molecular weight is 462 g/mol. The second kappa shape index (κ2) is 9.05. The minimum absolute atomic E-state index is 0.0800. The lowest BCUT2D eigenvalue weighted by atomic mass is 10.0. The molecule has 0 bridgehead atoms. The lowest BCUT2D eigenvalue weighted by Gasteiger charge is -2.13. The molecule has 2 aromatic heterocycles. The highest BCUT2D eigenvalue weighted by molar-refractivity contribution is 5.87. The standard InChI is InChI=1S/C23H21F3N2O5/c1-2-4-15-19(8-7-16-21(15)33-27-22(16)23(24,25)26)31-12-11-28-10-9-14-17(28)5-3-6-18(14)32-13-20(29)30/h3,5-10H,2,4,11-13H2,1H3,(H,29,30). The number of halogens is 3. The molecular formula is C23H21F3N2O5. The molecular weight excluding hydrogens is 441 g/mol. The van der Waals surface area contributed by atoms with Crippen molar-refractivity contribution in [2.45, 2.75) is 32.5 Å². The third-order valence-corrected chi connectivity index (χ3v) is 5.18. The molecule has 33 heavy (non-hydrogen) atoms. The van der Waals surface area contributed by atoms with Crippen LogP contribution in [0.4, 0.5) is 13.2 Å². The minimum Gasteiger partial charge on any atom is -0.491 e. The van der Waals surface area contributed by atoms with E-state index in [2.05, 4.69) is 5.16 Å². The molecule has 4 rings (SSSR count). The number of aromatic nitrogens is 2. The number of aryl methyl sites for hydroxylation is 1. The molecule has 7 nitrogen and oxygen atoms in total. The fraction of sp³-hybridized carbons (Fsp3) is 0.304. The van der Waals surface area contributed by atoms with E-state index in [0.717, 1.165) is 10.9 Å². The Hall–Kier alpha value is -3.69. The Morgan fingerprint density at radius 1 is 1.12 bits per heavy atom. The molecule has 10 heteroatoms. The molecule has 174 valence electrons. The zero-order valence-electron chi connectivity index (χ0n) is 17.7. The smallest absolute Gasteiger partial charge is 0.437 e. The quantitative estimate of drug-likeness (QED) is 0.363. The van der Waals surface area contributed by atoms with Crippen molar-refractivity contribution in [2.75, 3.05) is 13.2 Å². The van der Waals surface area contributed by atoms with Crippen molar-refractivity contribution < 1.29 is 37.1 Å². The van der Waals surface area contributed by atoms with Crippen LogP contribution in [0.5, 0.6) is 11.5 Å². The third kappa shape index (κ3) is 4.59. The zero-order valence-corrected chi connectivity index (χ0v) is 17.7. The number of aliphatic carboxylic acids is 1. The van der Waals surface area contributed by atoms with Gasteiger partial charge in [0.2, 0.25) is 0 Å². The maximum atomic E-state index is 13.2. The SMILES string of the molecule is CCCc1c(OCCn2ccc3c(OCC(=O)O)cccc32)ccc2c(C(F)(F)F)noc12. The van der Waals surface area contributed by atoms with Gasteiger partial charge in [-0.25, -0.2) is 4.79 Å². The largest absolute Gasteiger partial charge is 0.491 e. The van der Waals surface area contributed by atoms with Crippen molar-refractivity contribution >= 4 is 27.8 Å². The number of carbonyl (C=O) groups is 1. The number of alkyl halides is 3.